The van der Waals surface area contributed by atoms with Crippen LogP contribution >= 0.6 is 0 Å². The van der Waals surface area contributed by atoms with Gasteiger partial charge in [0.25, 0.3) is 0 Å². The Labute approximate surface area is 142 Å². The van der Waals surface area contributed by atoms with Crippen molar-refractivity contribution in [3.63, 3.8) is 0 Å². The van der Waals surface area contributed by atoms with E-state index in [-0.39, 0.29) is 26.3 Å². The summed E-state index contributed by atoms with van der Waals surface area (Å²) >= 11 is 0. The molecule has 0 radical (unpaired) electrons. The summed E-state index contributed by atoms with van der Waals surface area (Å²) in [6.45, 7) is -10.1. The molecular formula is C12H20B2F6N4O-2. The smallest absolute Gasteiger partial charge is 0.446 e. The van der Waals surface area contributed by atoms with Gasteiger partial charge in [0.2, 0.25) is 0 Å². The zero-order valence-corrected chi connectivity index (χ0v) is 13.9. The summed E-state index contributed by atoms with van der Waals surface area (Å²) in [5.41, 5.74) is 0. The van der Waals surface area contributed by atoms with Crippen molar-refractivity contribution in [3.05, 3.63) is 24.8 Å². The van der Waals surface area contributed by atoms with E-state index in [1.54, 1.807) is 0 Å². The van der Waals surface area contributed by atoms with Crippen LogP contribution in [0.1, 0.15) is 0 Å². The highest BCUT2D eigenvalue weighted by atomic mass is 19.4. The van der Waals surface area contributed by atoms with Gasteiger partial charge < -0.3 is 50.2 Å². The summed E-state index contributed by atoms with van der Waals surface area (Å²) in [6, 6.07) is -3.37. The van der Waals surface area contributed by atoms with E-state index in [0.717, 1.165) is 19.6 Å². The fraction of sp³-hybridized carbons (Fsp3) is 0.667. The molecule has 0 fully saturated rings. The molecule has 25 heavy (non-hydrogen) atoms. The Balaban J connectivity index is 1.73. The Morgan fingerprint density at radius 1 is 0.720 bits per heavy atom. The minimum Gasteiger partial charge on any atom is -0.446 e. The van der Waals surface area contributed by atoms with Crippen molar-refractivity contribution in [3.8, 4) is 0 Å². The molecule has 0 spiro atoms. The maximum atomic E-state index is 13.0. The predicted molar refractivity (Wildman–Crippen MR) is 83.8 cm³/mol. The third-order valence-corrected chi connectivity index (χ3v) is 4.16. The Bertz CT molecular complexity index is 471. The molecular weight excluding hydrogens is 352 g/mol. The van der Waals surface area contributed by atoms with E-state index in [4.69, 9.17) is 4.74 Å². The van der Waals surface area contributed by atoms with E-state index < -0.39 is 26.1 Å². The first kappa shape index (κ1) is 19.7. The Hall–Kier alpha value is -1.65. The van der Waals surface area contributed by atoms with Crippen LogP contribution in [0.5, 0.6) is 0 Å². The number of halogens is 6. The van der Waals surface area contributed by atoms with Crippen LogP contribution < -0.4 is 0 Å². The number of rotatable bonds is 8. The van der Waals surface area contributed by atoms with Crippen LogP contribution in [0.15, 0.2) is 24.8 Å². The Morgan fingerprint density at radius 3 is 1.40 bits per heavy atom. The zero-order chi connectivity index (χ0) is 18.8. The molecule has 0 amide bonds. The molecule has 0 N–H and O–H groups in total. The highest BCUT2D eigenvalue weighted by Gasteiger charge is 2.43. The van der Waals surface area contributed by atoms with Crippen molar-refractivity contribution in [2.75, 3.05) is 40.4 Å². The molecule has 2 aliphatic heterocycles. The number of nitrogens with zero attached hydrogens (tertiary/aromatic N) is 4. The molecule has 2 heterocycles. The summed E-state index contributed by atoms with van der Waals surface area (Å²) in [4.78, 5) is 4.37. The molecule has 13 heteroatoms. The molecule has 0 aromatic rings. The third kappa shape index (κ3) is 4.71. The molecule has 0 saturated heterocycles. The van der Waals surface area contributed by atoms with E-state index in [0.29, 0.717) is 0 Å². The standard InChI is InChI=1S/C12H20B2F6N4O/c1-21-3-5-23(11(21)13(15,16)17)7-9-25-10-8-24-6-4-22(2)12(24)14(18,19)20/h3-6,11-12H,7-10H2,1-2H3/q-2. The van der Waals surface area contributed by atoms with Gasteiger partial charge in [0.1, 0.15) is 0 Å². The Kier molecular flexibility index (Phi) is 5.75. The van der Waals surface area contributed by atoms with Gasteiger partial charge in [-0.25, -0.2) is 0 Å². The maximum Gasteiger partial charge on any atom is 0.519 e. The first-order chi connectivity index (χ1) is 11.5. The monoisotopic (exact) mass is 372 g/mol. The zero-order valence-electron chi connectivity index (χ0n) is 13.9. The lowest BCUT2D eigenvalue weighted by Gasteiger charge is -2.38. The minimum absolute atomic E-state index is 0.00391. The first-order valence-electron chi connectivity index (χ1n) is 7.81. The molecule has 2 atom stereocenters. The molecule has 0 aromatic carbocycles. The summed E-state index contributed by atoms with van der Waals surface area (Å²) in [5, 5.41) is 0. The van der Waals surface area contributed by atoms with Crippen molar-refractivity contribution in [2.45, 2.75) is 12.1 Å². The molecule has 0 saturated carbocycles. The number of ether oxygens (including phenoxy) is 1. The average Bonchev–Trinajstić information content (AvgIpc) is 3.00. The van der Waals surface area contributed by atoms with E-state index in [2.05, 4.69) is 0 Å². The Morgan fingerprint density at radius 2 is 1.08 bits per heavy atom. The quantitative estimate of drug-likeness (QED) is 0.368. The van der Waals surface area contributed by atoms with Crippen LogP contribution in [0, 0.1) is 0 Å². The molecule has 5 nitrogen and oxygen atoms in total. The van der Waals surface area contributed by atoms with E-state index in [9.17, 15) is 25.9 Å². The van der Waals surface area contributed by atoms with Gasteiger partial charge in [0.05, 0.1) is 25.3 Å². The van der Waals surface area contributed by atoms with Crippen molar-refractivity contribution in [1.29, 1.82) is 0 Å². The topological polar surface area (TPSA) is 22.2 Å². The van der Waals surface area contributed by atoms with E-state index in [1.165, 1.54) is 38.9 Å². The van der Waals surface area contributed by atoms with Crippen molar-refractivity contribution >= 4 is 14.0 Å². The van der Waals surface area contributed by atoms with Gasteiger partial charge in [-0.05, 0) is 0 Å². The molecule has 0 bridgehead atoms. The highest BCUT2D eigenvalue weighted by Crippen LogP contribution is 2.27. The van der Waals surface area contributed by atoms with Gasteiger partial charge in [0.15, 0.2) is 0 Å². The van der Waals surface area contributed by atoms with Crippen LogP contribution in [-0.2, 0) is 4.74 Å². The van der Waals surface area contributed by atoms with Crippen molar-refractivity contribution in [1.82, 2.24) is 19.6 Å². The fourth-order valence-electron chi connectivity index (χ4n) is 3.03. The van der Waals surface area contributed by atoms with E-state index >= 15 is 0 Å². The van der Waals surface area contributed by atoms with Gasteiger partial charge >= 0.3 is 14.0 Å². The lowest BCUT2D eigenvalue weighted by Crippen LogP contribution is -2.53. The summed E-state index contributed by atoms with van der Waals surface area (Å²) in [7, 11) is 2.68. The average molecular weight is 372 g/mol. The van der Waals surface area contributed by atoms with Crippen LogP contribution in [0.3, 0.4) is 0 Å². The number of hydrogen-bond acceptors (Lipinski definition) is 5. The lowest BCUT2D eigenvalue weighted by atomic mass is 9.84. The van der Waals surface area contributed by atoms with Gasteiger partial charge in [-0.2, -0.15) is 0 Å². The number of hydrogen-bond donors (Lipinski definition) is 0. The maximum absolute atomic E-state index is 13.0. The van der Waals surface area contributed by atoms with Crippen LogP contribution in [0.4, 0.5) is 25.9 Å². The van der Waals surface area contributed by atoms with Gasteiger partial charge in [-0.15, -0.1) is 0 Å². The molecule has 2 rings (SSSR count). The third-order valence-electron chi connectivity index (χ3n) is 4.16. The molecule has 0 aromatic heterocycles. The molecule has 2 unspecified atom stereocenters. The fourth-order valence-corrected chi connectivity index (χ4v) is 3.03. The normalized spacial score (nSPS) is 24.2. The molecule has 0 aliphatic carbocycles. The summed E-state index contributed by atoms with van der Waals surface area (Å²) in [5.74, 6) is 0. The second-order valence-corrected chi connectivity index (χ2v) is 6.09. The minimum atomic E-state index is -5.08. The molecule has 144 valence electrons. The predicted octanol–water partition coefficient (Wildman–Crippen LogP) is 1.87. The second-order valence-electron chi connectivity index (χ2n) is 6.09. The van der Waals surface area contributed by atoms with Crippen LogP contribution in [0.2, 0.25) is 0 Å². The largest absolute Gasteiger partial charge is 0.519 e. The van der Waals surface area contributed by atoms with Crippen LogP contribution in [0.25, 0.3) is 0 Å². The van der Waals surface area contributed by atoms with E-state index in [1.807, 2.05) is 0 Å². The molecule has 2 aliphatic rings. The first-order valence-corrected chi connectivity index (χ1v) is 7.81. The van der Waals surface area contributed by atoms with Crippen LogP contribution in [-0.4, -0.2) is 86.1 Å². The van der Waals surface area contributed by atoms with Gasteiger partial charge in [-0.1, -0.05) is 0 Å². The lowest BCUT2D eigenvalue weighted by molar-refractivity contribution is 0.0772. The second kappa shape index (κ2) is 7.30. The summed E-state index contributed by atoms with van der Waals surface area (Å²) < 4.78 is 83.3. The van der Waals surface area contributed by atoms with Crippen molar-refractivity contribution < 1.29 is 30.6 Å². The summed E-state index contributed by atoms with van der Waals surface area (Å²) in [6.07, 6.45) is 5.34. The van der Waals surface area contributed by atoms with Gasteiger partial charge in [-0.3, -0.25) is 0 Å². The van der Waals surface area contributed by atoms with Gasteiger partial charge in [0, 0.05) is 52.0 Å². The SMILES string of the molecule is CN1C=CN(CCOCCN2C=CN(C)C2[B-](F)(F)F)C1[B-](F)(F)F. The van der Waals surface area contributed by atoms with Crippen molar-refractivity contribution in [2.24, 2.45) is 0 Å². The highest BCUT2D eigenvalue weighted by molar-refractivity contribution is 6.60.